The van der Waals surface area contributed by atoms with Gasteiger partial charge in [0, 0.05) is 19.2 Å². The first-order chi connectivity index (χ1) is 3.83. The first-order valence-corrected chi connectivity index (χ1v) is 3.17. The first-order valence-electron chi connectivity index (χ1n) is 3.17. The lowest BCUT2D eigenvalue weighted by Crippen LogP contribution is -2.17. The second-order valence-corrected chi connectivity index (χ2v) is 2.59. The molecule has 2 atom stereocenters. The van der Waals surface area contributed by atoms with E-state index in [4.69, 9.17) is 5.11 Å². The van der Waals surface area contributed by atoms with E-state index in [9.17, 15) is 0 Å². The van der Waals surface area contributed by atoms with Crippen LogP contribution in [0.1, 0.15) is 13.3 Å². The van der Waals surface area contributed by atoms with Gasteiger partial charge in [-0.3, -0.25) is 0 Å². The molecule has 0 spiro atoms. The Labute approximate surface area is 49.9 Å². The number of aliphatic hydroxyl groups is 1. The van der Waals surface area contributed by atoms with Gasteiger partial charge in [0.1, 0.15) is 0 Å². The Hall–Kier alpha value is -0.0800. The van der Waals surface area contributed by atoms with E-state index in [1.54, 1.807) is 0 Å². The van der Waals surface area contributed by atoms with Crippen molar-refractivity contribution in [1.82, 2.24) is 5.32 Å². The molecule has 1 rings (SSSR count). The quantitative estimate of drug-likeness (QED) is 0.503. The van der Waals surface area contributed by atoms with Crippen molar-refractivity contribution in [3.05, 3.63) is 0 Å². The molecule has 1 heterocycles. The van der Waals surface area contributed by atoms with Crippen LogP contribution in [0.25, 0.3) is 0 Å². The third kappa shape index (κ3) is 1.20. The maximum absolute atomic E-state index is 8.64. The molecular formula is C6H13NO. The molecule has 0 saturated carbocycles. The Morgan fingerprint density at radius 2 is 2.50 bits per heavy atom. The van der Waals surface area contributed by atoms with Gasteiger partial charge >= 0.3 is 0 Å². The minimum atomic E-state index is 0.345. The minimum Gasteiger partial charge on any atom is -0.396 e. The van der Waals surface area contributed by atoms with Crippen LogP contribution in [-0.2, 0) is 0 Å². The van der Waals surface area contributed by atoms with Crippen molar-refractivity contribution < 1.29 is 5.11 Å². The lowest BCUT2D eigenvalue weighted by molar-refractivity contribution is 0.236. The average molecular weight is 115 g/mol. The molecule has 0 radical (unpaired) electrons. The van der Waals surface area contributed by atoms with Crippen LogP contribution < -0.4 is 5.32 Å². The molecule has 0 aliphatic carbocycles. The van der Waals surface area contributed by atoms with E-state index in [0.29, 0.717) is 18.6 Å². The highest BCUT2D eigenvalue weighted by Crippen LogP contribution is 2.11. The van der Waals surface area contributed by atoms with Crippen molar-refractivity contribution in [3.63, 3.8) is 0 Å². The van der Waals surface area contributed by atoms with Gasteiger partial charge in [0.05, 0.1) is 0 Å². The highest BCUT2D eigenvalue weighted by Gasteiger charge is 2.18. The summed E-state index contributed by atoms with van der Waals surface area (Å²) < 4.78 is 0. The molecule has 2 N–H and O–H groups in total. The molecule has 0 amide bonds. The summed E-state index contributed by atoms with van der Waals surface area (Å²) in [6, 6.07) is 0.618. The molecule has 2 heteroatoms. The number of rotatable bonds is 1. The van der Waals surface area contributed by atoms with Crippen molar-refractivity contribution >= 4 is 0 Å². The van der Waals surface area contributed by atoms with Gasteiger partial charge in [0.25, 0.3) is 0 Å². The normalized spacial score (nSPS) is 38.2. The SMILES string of the molecule is C[C@H]1C[C@H](CO)CN1. The van der Waals surface area contributed by atoms with Gasteiger partial charge in [-0.25, -0.2) is 0 Å². The highest BCUT2D eigenvalue weighted by molar-refractivity contribution is 4.76. The fourth-order valence-electron chi connectivity index (χ4n) is 1.17. The molecule has 0 bridgehead atoms. The lowest BCUT2D eigenvalue weighted by atomic mass is 10.1. The number of nitrogens with one attached hydrogen (secondary N) is 1. The smallest absolute Gasteiger partial charge is 0.0471 e. The van der Waals surface area contributed by atoms with Gasteiger partial charge < -0.3 is 10.4 Å². The van der Waals surface area contributed by atoms with Crippen molar-refractivity contribution in [2.75, 3.05) is 13.2 Å². The minimum absolute atomic E-state index is 0.345. The maximum Gasteiger partial charge on any atom is 0.0471 e. The van der Waals surface area contributed by atoms with E-state index in [0.717, 1.165) is 13.0 Å². The molecule has 1 aliphatic heterocycles. The molecule has 0 aromatic heterocycles. The van der Waals surface area contributed by atoms with Crippen molar-refractivity contribution in [2.24, 2.45) is 5.92 Å². The first kappa shape index (κ1) is 6.05. The second-order valence-electron chi connectivity index (χ2n) is 2.59. The summed E-state index contributed by atoms with van der Waals surface area (Å²) in [5.41, 5.74) is 0. The Bertz CT molecular complexity index is 74.9. The number of hydrogen-bond donors (Lipinski definition) is 2. The molecular weight excluding hydrogens is 102 g/mol. The average Bonchev–Trinajstić information content (AvgIpc) is 2.14. The summed E-state index contributed by atoms with van der Waals surface area (Å²) in [5, 5.41) is 11.9. The maximum atomic E-state index is 8.64. The number of aliphatic hydroxyl groups excluding tert-OH is 1. The summed E-state index contributed by atoms with van der Waals surface area (Å²) in [5.74, 6) is 0.519. The van der Waals surface area contributed by atoms with Crippen LogP contribution in [0.2, 0.25) is 0 Å². The third-order valence-corrected chi connectivity index (χ3v) is 1.70. The zero-order valence-electron chi connectivity index (χ0n) is 5.22. The van der Waals surface area contributed by atoms with E-state index in [2.05, 4.69) is 12.2 Å². The molecule has 1 aliphatic rings. The topological polar surface area (TPSA) is 32.3 Å². The predicted molar refractivity (Wildman–Crippen MR) is 32.7 cm³/mol. The fourth-order valence-corrected chi connectivity index (χ4v) is 1.17. The molecule has 1 saturated heterocycles. The molecule has 0 aromatic rings. The molecule has 48 valence electrons. The molecule has 0 aromatic carbocycles. The largest absolute Gasteiger partial charge is 0.396 e. The van der Waals surface area contributed by atoms with Crippen LogP contribution in [0.4, 0.5) is 0 Å². The van der Waals surface area contributed by atoms with Crippen LogP contribution >= 0.6 is 0 Å². The van der Waals surface area contributed by atoms with Crippen LogP contribution in [0.5, 0.6) is 0 Å². The summed E-state index contributed by atoms with van der Waals surface area (Å²) in [7, 11) is 0. The van der Waals surface area contributed by atoms with Gasteiger partial charge in [0.2, 0.25) is 0 Å². The third-order valence-electron chi connectivity index (χ3n) is 1.70. The molecule has 2 nitrogen and oxygen atoms in total. The number of hydrogen-bond acceptors (Lipinski definition) is 2. The molecule has 8 heavy (non-hydrogen) atoms. The van der Waals surface area contributed by atoms with Crippen molar-refractivity contribution in [3.8, 4) is 0 Å². The molecule has 0 unspecified atom stereocenters. The van der Waals surface area contributed by atoms with E-state index in [-0.39, 0.29) is 0 Å². The van der Waals surface area contributed by atoms with Gasteiger partial charge in [-0.15, -0.1) is 0 Å². The Morgan fingerprint density at radius 3 is 2.75 bits per heavy atom. The Morgan fingerprint density at radius 1 is 1.75 bits per heavy atom. The zero-order chi connectivity index (χ0) is 5.98. The zero-order valence-corrected chi connectivity index (χ0v) is 5.22. The fraction of sp³-hybridized carbons (Fsp3) is 1.00. The summed E-state index contributed by atoms with van der Waals surface area (Å²) in [4.78, 5) is 0. The van der Waals surface area contributed by atoms with E-state index in [1.165, 1.54) is 0 Å². The van der Waals surface area contributed by atoms with Crippen LogP contribution in [0.3, 0.4) is 0 Å². The Kier molecular flexibility index (Phi) is 1.86. The standard InChI is InChI=1S/C6H13NO/c1-5-2-6(4-8)3-7-5/h5-8H,2-4H2,1H3/t5-,6-/m0/s1. The summed E-state index contributed by atoms with van der Waals surface area (Å²) in [6.45, 7) is 3.49. The second kappa shape index (κ2) is 2.46. The van der Waals surface area contributed by atoms with Crippen LogP contribution in [0, 0.1) is 5.92 Å². The Balaban J connectivity index is 2.22. The van der Waals surface area contributed by atoms with E-state index >= 15 is 0 Å². The van der Waals surface area contributed by atoms with Crippen molar-refractivity contribution in [2.45, 2.75) is 19.4 Å². The predicted octanol–water partition coefficient (Wildman–Crippen LogP) is -0.0233. The molecule has 1 fully saturated rings. The van der Waals surface area contributed by atoms with Gasteiger partial charge in [-0.1, -0.05) is 0 Å². The van der Waals surface area contributed by atoms with Crippen LogP contribution in [-0.4, -0.2) is 24.3 Å². The summed E-state index contributed by atoms with van der Waals surface area (Å²) >= 11 is 0. The van der Waals surface area contributed by atoms with E-state index < -0.39 is 0 Å². The van der Waals surface area contributed by atoms with Crippen LogP contribution in [0.15, 0.2) is 0 Å². The van der Waals surface area contributed by atoms with Gasteiger partial charge in [0.15, 0.2) is 0 Å². The summed E-state index contributed by atoms with van der Waals surface area (Å²) in [6.07, 6.45) is 1.14. The van der Waals surface area contributed by atoms with E-state index in [1.807, 2.05) is 0 Å². The van der Waals surface area contributed by atoms with Gasteiger partial charge in [-0.05, 0) is 19.3 Å². The van der Waals surface area contributed by atoms with Gasteiger partial charge in [-0.2, -0.15) is 0 Å². The lowest BCUT2D eigenvalue weighted by Gasteiger charge is -1.99. The monoisotopic (exact) mass is 115 g/mol. The van der Waals surface area contributed by atoms with Crippen molar-refractivity contribution in [1.29, 1.82) is 0 Å². The highest BCUT2D eigenvalue weighted by atomic mass is 16.3.